The summed E-state index contributed by atoms with van der Waals surface area (Å²) in [5.41, 5.74) is 0.836. The molecule has 0 saturated heterocycles. The highest BCUT2D eigenvalue weighted by atomic mass is 16.5. The van der Waals surface area contributed by atoms with Crippen molar-refractivity contribution >= 4 is 12.0 Å². The molecule has 8 heteroatoms. The van der Waals surface area contributed by atoms with Crippen LogP contribution in [0.15, 0.2) is 18.3 Å². The molecule has 1 rings (SSSR count). The first-order valence-electron chi connectivity index (χ1n) is 5.92. The van der Waals surface area contributed by atoms with E-state index < -0.39 is 5.97 Å². The first kappa shape index (κ1) is 15.7. The minimum absolute atomic E-state index is 0.143. The van der Waals surface area contributed by atoms with E-state index in [0.29, 0.717) is 12.4 Å². The van der Waals surface area contributed by atoms with Crippen molar-refractivity contribution < 1.29 is 24.2 Å². The van der Waals surface area contributed by atoms with Crippen LogP contribution in [0.25, 0.3) is 0 Å². The maximum absolute atomic E-state index is 11.4. The quantitative estimate of drug-likeness (QED) is 0.579. The average Bonchev–Trinajstić information content (AvgIpc) is 2.45. The molecular weight excluding hydrogens is 266 g/mol. The van der Waals surface area contributed by atoms with Gasteiger partial charge in [-0.05, 0) is 5.56 Å². The summed E-state index contributed by atoms with van der Waals surface area (Å²) in [6.45, 7) is 0.337. The van der Waals surface area contributed by atoms with Crippen molar-refractivity contribution in [3.05, 3.63) is 23.9 Å². The number of urea groups is 1. The van der Waals surface area contributed by atoms with Crippen molar-refractivity contribution in [3.8, 4) is 5.88 Å². The molecule has 0 bridgehead atoms. The summed E-state index contributed by atoms with van der Waals surface area (Å²) in [7, 11) is 1.53. The van der Waals surface area contributed by atoms with E-state index in [4.69, 9.17) is 14.6 Å². The number of hydrogen-bond acceptors (Lipinski definition) is 5. The second-order valence-corrected chi connectivity index (χ2v) is 3.76. The number of hydrogen-bond donors (Lipinski definition) is 3. The maximum atomic E-state index is 11.4. The maximum Gasteiger partial charge on any atom is 0.329 e. The molecule has 110 valence electrons. The molecule has 1 aromatic rings. The number of aliphatic carboxylic acids is 1. The molecule has 8 nitrogen and oxygen atoms in total. The van der Waals surface area contributed by atoms with Crippen LogP contribution < -0.4 is 15.4 Å². The predicted molar refractivity (Wildman–Crippen MR) is 69.5 cm³/mol. The standard InChI is InChI=1S/C12H17N3O5/c1-19-10-3-2-9(6-14-10)7-15-12(18)13-4-5-20-8-11(16)17/h2-3,6H,4-5,7-8H2,1H3,(H,16,17)(H2,13,15,18). The summed E-state index contributed by atoms with van der Waals surface area (Å²) in [6, 6.07) is 3.14. The van der Waals surface area contributed by atoms with Crippen molar-refractivity contribution in [1.29, 1.82) is 0 Å². The van der Waals surface area contributed by atoms with Gasteiger partial charge in [-0.1, -0.05) is 6.07 Å². The Kier molecular flexibility index (Phi) is 6.83. The number of carbonyl (C=O) groups is 2. The lowest BCUT2D eigenvalue weighted by molar-refractivity contribution is -0.142. The van der Waals surface area contributed by atoms with Crippen LogP contribution in [-0.2, 0) is 16.1 Å². The lowest BCUT2D eigenvalue weighted by Crippen LogP contribution is -2.37. The summed E-state index contributed by atoms with van der Waals surface area (Å²) in [6.07, 6.45) is 1.61. The molecule has 1 aromatic heterocycles. The molecule has 20 heavy (non-hydrogen) atoms. The van der Waals surface area contributed by atoms with Gasteiger partial charge in [0.25, 0.3) is 0 Å². The third-order valence-corrected chi connectivity index (χ3v) is 2.22. The van der Waals surface area contributed by atoms with E-state index in [1.165, 1.54) is 7.11 Å². The fourth-order valence-electron chi connectivity index (χ4n) is 1.28. The molecular formula is C12H17N3O5. The number of pyridine rings is 1. The molecule has 0 unspecified atom stereocenters. The van der Waals surface area contributed by atoms with Crippen molar-refractivity contribution in [2.45, 2.75) is 6.54 Å². The number of methoxy groups -OCH3 is 1. The molecule has 0 aliphatic heterocycles. The van der Waals surface area contributed by atoms with Crippen LogP contribution in [0.5, 0.6) is 5.88 Å². The Morgan fingerprint density at radius 2 is 2.15 bits per heavy atom. The van der Waals surface area contributed by atoms with E-state index in [1.54, 1.807) is 18.3 Å². The first-order valence-corrected chi connectivity index (χ1v) is 5.92. The van der Waals surface area contributed by atoms with Crippen molar-refractivity contribution in [2.75, 3.05) is 26.9 Å². The van der Waals surface area contributed by atoms with Crippen LogP contribution in [0.3, 0.4) is 0 Å². The third-order valence-electron chi connectivity index (χ3n) is 2.22. The SMILES string of the molecule is COc1ccc(CNC(=O)NCCOCC(=O)O)cn1. The highest BCUT2D eigenvalue weighted by Crippen LogP contribution is 2.05. The van der Waals surface area contributed by atoms with E-state index >= 15 is 0 Å². The summed E-state index contributed by atoms with van der Waals surface area (Å²) >= 11 is 0. The van der Waals surface area contributed by atoms with Crippen LogP contribution >= 0.6 is 0 Å². The Morgan fingerprint density at radius 3 is 2.75 bits per heavy atom. The molecule has 0 aromatic carbocycles. The Bertz CT molecular complexity index is 435. The molecule has 0 radical (unpaired) electrons. The largest absolute Gasteiger partial charge is 0.481 e. The number of carbonyl (C=O) groups excluding carboxylic acids is 1. The third kappa shape index (κ3) is 6.55. The topological polar surface area (TPSA) is 110 Å². The fraction of sp³-hybridized carbons (Fsp3) is 0.417. The van der Waals surface area contributed by atoms with Gasteiger partial charge in [-0.25, -0.2) is 14.6 Å². The predicted octanol–water partition coefficient (Wildman–Crippen LogP) is -0.00940. The zero-order valence-corrected chi connectivity index (χ0v) is 11.1. The number of carboxylic acids is 1. The lowest BCUT2D eigenvalue weighted by atomic mass is 10.3. The lowest BCUT2D eigenvalue weighted by Gasteiger charge is -2.07. The molecule has 0 aliphatic rings. The smallest absolute Gasteiger partial charge is 0.329 e. The zero-order valence-electron chi connectivity index (χ0n) is 11.1. The van der Waals surface area contributed by atoms with Crippen LogP contribution in [-0.4, -0.2) is 49.0 Å². The van der Waals surface area contributed by atoms with Crippen molar-refractivity contribution in [3.63, 3.8) is 0 Å². The van der Waals surface area contributed by atoms with Gasteiger partial charge in [0.1, 0.15) is 6.61 Å². The van der Waals surface area contributed by atoms with Gasteiger partial charge in [0, 0.05) is 25.4 Å². The highest BCUT2D eigenvalue weighted by Gasteiger charge is 2.01. The summed E-state index contributed by atoms with van der Waals surface area (Å²) in [5.74, 6) is -0.532. The van der Waals surface area contributed by atoms with Crippen LogP contribution in [0, 0.1) is 0 Å². The highest BCUT2D eigenvalue weighted by molar-refractivity contribution is 5.73. The number of aromatic nitrogens is 1. The van der Waals surface area contributed by atoms with Gasteiger partial charge in [-0.15, -0.1) is 0 Å². The second kappa shape index (κ2) is 8.70. The number of amides is 2. The number of nitrogens with one attached hydrogen (secondary N) is 2. The molecule has 3 N–H and O–H groups in total. The normalized spacial score (nSPS) is 9.85. The van der Waals surface area contributed by atoms with Crippen molar-refractivity contribution in [2.24, 2.45) is 0 Å². The van der Waals surface area contributed by atoms with Crippen LogP contribution in [0.4, 0.5) is 4.79 Å². The molecule has 0 saturated carbocycles. The minimum Gasteiger partial charge on any atom is -0.481 e. The zero-order chi connectivity index (χ0) is 14.8. The van der Waals surface area contributed by atoms with E-state index in [9.17, 15) is 9.59 Å². The van der Waals surface area contributed by atoms with Crippen LogP contribution in [0.2, 0.25) is 0 Å². The number of nitrogens with zero attached hydrogens (tertiary/aromatic N) is 1. The summed E-state index contributed by atoms with van der Waals surface area (Å²) < 4.78 is 9.69. The molecule has 0 spiro atoms. The summed E-state index contributed by atoms with van der Waals surface area (Å²) in [4.78, 5) is 25.6. The molecule has 1 heterocycles. The van der Waals surface area contributed by atoms with Gasteiger partial charge in [-0.2, -0.15) is 0 Å². The van der Waals surface area contributed by atoms with E-state index in [1.807, 2.05) is 0 Å². The average molecular weight is 283 g/mol. The minimum atomic E-state index is -1.04. The van der Waals surface area contributed by atoms with E-state index in [-0.39, 0.29) is 25.8 Å². The molecule has 0 aliphatic carbocycles. The number of carboxylic acid groups (broad SMARTS) is 1. The van der Waals surface area contributed by atoms with E-state index in [0.717, 1.165) is 5.56 Å². The van der Waals surface area contributed by atoms with Gasteiger partial charge < -0.3 is 25.2 Å². The van der Waals surface area contributed by atoms with Gasteiger partial charge in [-0.3, -0.25) is 0 Å². The number of ether oxygens (including phenoxy) is 2. The van der Waals surface area contributed by atoms with Gasteiger partial charge >= 0.3 is 12.0 Å². The van der Waals surface area contributed by atoms with Crippen molar-refractivity contribution in [1.82, 2.24) is 15.6 Å². The van der Waals surface area contributed by atoms with Gasteiger partial charge in [0.2, 0.25) is 5.88 Å². The fourth-order valence-corrected chi connectivity index (χ4v) is 1.28. The summed E-state index contributed by atoms with van der Waals surface area (Å²) in [5, 5.41) is 13.5. The Labute approximate surface area is 116 Å². The van der Waals surface area contributed by atoms with E-state index in [2.05, 4.69) is 15.6 Å². The Morgan fingerprint density at radius 1 is 1.35 bits per heavy atom. The first-order chi connectivity index (χ1) is 9.61. The Hall–Kier alpha value is -2.35. The van der Waals surface area contributed by atoms with Gasteiger partial charge in [0.05, 0.1) is 13.7 Å². The monoisotopic (exact) mass is 283 g/mol. The molecule has 0 fully saturated rings. The Balaban J connectivity index is 2.14. The second-order valence-electron chi connectivity index (χ2n) is 3.76. The number of rotatable bonds is 8. The molecule has 2 amide bonds. The molecule has 0 atom stereocenters. The van der Waals surface area contributed by atoms with Crippen LogP contribution in [0.1, 0.15) is 5.56 Å². The van der Waals surface area contributed by atoms with Gasteiger partial charge in [0.15, 0.2) is 0 Å².